The first-order valence-electron chi connectivity index (χ1n) is 7.67. The van der Waals surface area contributed by atoms with Gasteiger partial charge in [-0.3, -0.25) is 0 Å². The molecule has 1 aliphatic carbocycles. The summed E-state index contributed by atoms with van der Waals surface area (Å²) in [4.78, 5) is 0. The van der Waals surface area contributed by atoms with E-state index in [-0.39, 0.29) is 6.04 Å². The summed E-state index contributed by atoms with van der Waals surface area (Å²) < 4.78 is 11.6. The average Bonchev–Trinajstić information content (AvgIpc) is 2.42. The van der Waals surface area contributed by atoms with Gasteiger partial charge in [0.1, 0.15) is 11.5 Å². The standard InChI is InChI=1S/C17H27NO2/c1-12-4-7-15(8-5-12)20-17-11-16(19-3)9-6-14(17)10-13(2)18/h6,9,11-13,15H,4-5,7-8,10,18H2,1-3H3. The van der Waals surface area contributed by atoms with Gasteiger partial charge in [-0.1, -0.05) is 13.0 Å². The van der Waals surface area contributed by atoms with Gasteiger partial charge < -0.3 is 15.2 Å². The van der Waals surface area contributed by atoms with E-state index in [1.54, 1.807) is 7.11 Å². The first-order valence-corrected chi connectivity index (χ1v) is 7.67. The van der Waals surface area contributed by atoms with E-state index in [4.69, 9.17) is 15.2 Å². The van der Waals surface area contributed by atoms with Crippen LogP contribution in [0.25, 0.3) is 0 Å². The minimum absolute atomic E-state index is 0.136. The molecule has 0 heterocycles. The number of methoxy groups -OCH3 is 1. The van der Waals surface area contributed by atoms with Crippen molar-refractivity contribution >= 4 is 0 Å². The van der Waals surface area contributed by atoms with Crippen molar-refractivity contribution in [1.82, 2.24) is 0 Å². The topological polar surface area (TPSA) is 44.5 Å². The van der Waals surface area contributed by atoms with Gasteiger partial charge in [0.2, 0.25) is 0 Å². The Labute approximate surface area is 122 Å². The van der Waals surface area contributed by atoms with Crippen LogP contribution in [0.5, 0.6) is 11.5 Å². The first kappa shape index (κ1) is 15.2. The fraction of sp³-hybridized carbons (Fsp3) is 0.647. The molecule has 0 amide bonds. The molecule has 0 bridgehead atoms. The van der Waals surface area contributed by atoms with Crippen LogP contribution in [0.1, 0.15) is 45.1 Å². The number of nitrogens with two attached hydrogens (primary N) is 1. The molecule has 2 rings (SSSR count). The van der Waals surface area contributed by atoms with Crippen molar-refractivity contribution in [3.05, 3.63) is 23.8 Å². The second-order valence-corrected chi connectivity index (χ2v) is 6.15. The molecule has 1 saturated carbocycles. The van der Waals surface area contributed by atoms with Crippen LogP contribution in [-0.2, 0) is 6.42 Å². The van der Waals surface area contributed by atoms with Gasteiger partial charge in [-0.15, -0.1) is 0 Å². The molecule has 1 aliphatic rings. The number of benzene rings is 1. The van der Waals surface area contributed by atoms with Crippen LogP contribution in [0.4, 0.5) is 0 Å². The molecule has 2 N–H and O–H groups in total. The van der Waals surface area contributed by atoms with E-state index in [1.165, 1.54) is 18.4 Å². The van der Waals surface area contributed by atoms with Crippen molar-refractivity contribution in [3.63, 3.8) is 0 Å². The van der Waals surface area contributed by atoms with Gasteiger partial charge in [0.05, 0.1) is 13.2 Å². The smallest absolute Gasteiger partial charge is 0.126 e. The molecule has 112 valence electrons. The Morgan fingerprint density at radius 2 is 1.95 bits per heavy atom. The summed E-state index contributed by atoms with van der Waals surface area (Å²) in [5, 5.41) is 0. The molecule has 1 fully saturated rings. The SMILES string of the molecule is COc1ccc(CC(C)N)c(OC2CCC(C)CC2)c1. The van der Waals surface area contributed by atoms with E-state index in [1.807, 2.05) is 19.1 Å². The Bertz CT molecular complexity index is 423. The molecule has 20 heavy (non-hydrogen) atoms. The van der Waals surface area contributed by atoms with Crippen LogP contribution in [-0.4, -0.2) is 19.3 Å². The highest BCUT2D eigenvalue weighted by molar-refractivity contribution is 5.41. The molecule has 3 nitrogen and oxygen atoms in total. The lowest BCUT2D eigenvalue weighted by Crippen LogP contribution is -2.24. The predicted molar refractivity (Wildman–Crippen MR) is 82.4 cm³/mol. The van der Waals surface area contributed by atoms with Gasteiger partial charge in [-0.05, 0) is 56.6 Å². The Hall–Kier alpha value is -1.22. The van der Waals surface area contributed by atoms with Crippen LogP contribution < -0.4 is 15.2 Å². The van der Waals surface area contributed by atoms with Gasteiger partial charge in [0, 0.05) is 12.1 Å². The lowest BCUT2D eigenvalue weighted by Gasteiger charge is -2.28. The van der Waals surface area contributed by atoms with Crippen molar-refractivity contribution < 1.29 is 9.47 Å². The quantitative estimate of drug-likeness (QED) is 0.895. The van der Waals surface area contributed by atoms with Gasteiger partial charge in [0.25, 0.3) is 0 Å². The fourth-order valence-electron chi connectivity index (χ4n) is 2.81. The molecule has 0 saturated heterocycles. The van der Waals surface area contributed by atoms with E-state index < -0.39 is 0 Å². The van der Waals surface area contributed by atoms with Crippen LogP contribution in [0, 0.1) is 5.92 Å². The Morgan fingerprint density at radius 1 is 1.25 bits per heavy atom. The van der Waals surface area contributed by atoms with E-state index in [0.29, 0.717) is 6.10 Å². The fourth-order valence-corrected chi connectivity index (χ4v) is 2.81. The zero-order valence-electron chi connectivity index (χ0n) is 12.9. The number of ether oxygens (including phenoxy) is 2. The largest absolute Gasteiger partial charge is 0.497 e. The van der Waals surface area contributed by atoms with Crippen molar-refractivity contribution in [2.45, 2.75) is 58.1 Å². The molecule has 0 spiro atoms. The van der Waals surface area contributed by atoms with Gasteiger partial charge in [-0.2, -0.15) is 0 Å². The first-order chi connectivity index (χ1) is 9.58. The summed E-state index contributed by atoms with van der Waals surface area (Å²) in [7, 11) is 1.69. The molecule has 0 aromatic heterocycles. The highest BCUT2D eigenvalue weighted by Gasteiger charge is 2.21. The molecule has 1 aromatic rings. The molecule has 0 radical (unpaired) electrons. The molecule has 1 unspecified atom stereocenters. The van der Waals surface area contributed by atoms with Gasteiger partial charge in [0.15, 0.2) is 0 Å². The second-order valence-electron chi connectivity index (χ2n) is 6.15. The lowest BCUT2D eigenvalue weighted by atomic mass is 9.89. The Morgan fingerprint density at radius 3 is 2.55 bits per heavy atom. The summed E-state index contributed by atoms with van der Waals surface area (Å²) in [6, 6.07) is 6.18. The normalized spacial score (nSPS) is 24.2. The third kappa shape index (κ3) is 4.14. The van der Waals surface area contributed by atoms with Crippen LogP contribution in [0.15, 0.2) is 18.2 Å². The molecule has 0 aliphatic heterocycles. The van der Waals surface area contributed by atoms with Crippen LogP contribution in [0.2, 0.25) is 0 Å². The lowest BCUT2D eigenvalue weighted by molar-refractivity contribution is 0.134. The molecular weight excluding hydrogens is 250 g/mol. The van der Waals surface area contributed by atoms with Crippen molar-refractivity contribution in [2.75, 3.05) is 7.11 Å². The maximum Gasteiger partial charge on any atom is 0.126 e. The molecule has 1 aromatic carbocycles. The summed E-state index contributed by atoms with van der Waals surface area (Å²) in [5.41, 5.74) is 7.11. The minimum atomic E-state index is 0.136. The second kappa shape index (κ2) is 6.98. The summed E-state index contributed by atoms with van der Waals surface area (Å²) >= 11 is 0. The maximum atomic E-state index is 6.24. The van der Waals surface area contributed by atoms with Gasteiger partial charge >= 0.3 is 0 Å². The molecular formula is C17H27NO2. The van der Waals surface area contributed by atoms with E-state index in [9.17, 15) is 0 Å². The number of hydrogen-bond donors (Lipinski definition) is 1. The van der Waals surface area contributed by atoms with Crippen molar-refractivity contribution in [3.8, 4) is 11.5 Å². The van der Waals surface area contributed by atoms with Crippen molar-refractivity contribution in [1.29, 1.82) is 0 Å². The third-order valence-corrected chi connectivity index (χ3v) is 4.07. The van der Waals surface area contributed by atoms with Gasteiger partial charge in [-0.25, -0.2) is 0 Å². The summed E-state index contributed by atoms with van der Waals surface area (Å²) in [6.45, 7) is 4.35. The average molecular weight is 277 g/mol. The van der Waals surface area contributed by atoms with Crippen LogP contribution >= 0.6 is 0 Å². The molecule has 1 atom stereocenters. The summed E-state index contributed by atoms with van der Waals surface area (Å²) in [5.74, 6) is 2.63. The Kier molecular flexibility index (Phi) is 5.30. The van der Waals surface area contributed by atoms with E-state index in [2.05, 4.69) is 13.0 Å². The van der Waals surface area contributed by atoms with Crippen molar-refractivity contribution in [2.24, 2.45) is 11.7 Å². The van der Waals surface area contributed by atoms with E-state index in [0.717, 1.165) is 36.7 Å². The van der Waals surface area contributed by atoms with Crippen LogP contribution in [0.3, 0.4) is 0 Å². The number of rotatable bonds is 5. The van der Waals surface area contributed by atoms with E-state index >= 15 is 0 Å². The number of hydrogen-bond acceptors (Lipinski definition) is 3. The Balaban J connectivity index is 2.10. The monoisotopic (exact) mass is 277 g/mol. The summed E-state index contributed by atoms with van der Waals surface area (Å²) in [6.07, 6.45) is 5.99. The zero-order chi connectivity index (χ0) is 14.5. The predicted octanol–water partition coefficient (Wildman–Crippen LogP) is 3.54. The third-order valence-electron chi connectivity index (χ3n) is 4.07. The highest BCUT2D eigenvalue weighted by Crippen LogP contribution is 2.31. The molecule has 3 heteroatoms. The highest BCUT2D eigenvalue weighted by atomic mass is 16.5. The minimum Gasteiger partial charge on any atom is -0.497 e. The zero-order valence-corrected chi connectivity index (χ0v) is 12.9. The maximum absolute atomic E-state index is 6.24.